The van der Waals surface area contributed by atoms with Gasteiger partial charge in [-0.3, -0.25) is 4.90 Å². The number of ether oxygens (including phenoxy) is 5. The van der Waals surface area contributed by atoms with Crippen molar-refractivity contribution in [2.24, 2.45) is 0 Å². The van der Waals surface area contributed by atoms with Crippen LogP contribution in [0.15, 0.2) is 48.0 Å². The Morgan fingerprint density at radius 1 is 1.15 bits per heavy atom. The van der Waals surface area contributed by atoms with Crippen LogP contribution in [0, 0.1) is 0 Å². The average molecular weight is 451 g/mol. The summed E-state index contributed by atoms with van der Waals surface area (Å²) in [5.74, 6) is 1.96. The summed E-state index contributed by atoms with van der Waals surface area (Å²) in [5.41, 5.74) is 3.37. The van der Waals surface area contributed by atoms with E-state index in [-0.39, 0.29) is 25.4 Å². The van der Waals surface area contributed by atoms with Gasteiger partial charge in [0.1, 0.15) is 23.7 Å². The molecule has 2 aromatic carbocycles. The van der Waals surface area contributed by atoms with Crippen molar-refractivity contribution in [3.8, 4) is 23.0 Å². The Morgan fingerprint density at radius 2 is 1.91 bits per heavy atom. The molecule has 0 bridgehead atoms. The quantitative estimate of drug-likeness (QED) is 0.548. The normalized spacial score (nSPS) is 26.8. The first-order valence-electron chi connectivity index (χ1n) is 11.1. The first kappa shape index (κ1) is 20.4. The minimum absolute atomic E-state index is 0.0987. The third-order valence-electron chi connectivity index (χ3n) is 6.93. The molecule has 8 heteroatoms. The van der Waals surface area contributed by atoms with Crippen LogP contribution in [-0.4, -0.2) is 61.3 Å². The molecule has 172 valence electrons. The Hall–Kier alpha value is -3.23. The molecule has 2 aromatic rings. The van der Waals surface area contributed by atoms with Crippen LogP contribution in [0.5, 0.6) is 23.0 Å². The van der Waals surface area contributed by atoms with E-state index >= 15 is 0 Å². The molecule has 3 aliphatic heterocycles. The topological polar surface area (TPSA) is 86.7 Å². The third kappa shape index (κ3) is 3.50. The van der Waals surface area contributed by atoms with Crippen molar-refractivity contribution in [2.45, 2.75) is 37.1 Å². The number of hydrogen-bond donors (Lipinski definition) is 1. The Kier molecular flexibility index (Phi) is 4.92. The molecular weight excluding hydrogens is 426 g/mol. The number of carbonyl (C=O) groups excluding carboxylic acids is 1. The van der Waals surface area contributed by atoms with Crippen LogP contribution in [0.2, 0.25) is 0 Å². The molecule has 1 saturated heterocycles. The van der Waals surface area contributed by atoms with Gasteiger partial charge < -0.3 is 28.8 Å². The van der Waals surface area contributed by atoms with Gasteiger partial charge in [0, 0.05) is 25.0 Å². The Balaban J connectivity index is 1.25. The highest BCUT2D eigenvalue weighted by Gasteiger charge is 2.50. The molecule has 1 aliphatic carbocycles. The van der Waals surface area contributed by atoms with Crippen LogP contribution in [0.4, 0.5) is 0 Å². The number of hydrogen-bond acceptors (Lipinski definition) is 8. The molecule has 8 nitrogen and oxygen atoms in total. The molecule has 33 heavy (non-hydrogen) atoms. The van der Waals surface area contributed by atoms with Crippen LogP contribution in [-0.2, 0) is 16.1 Å². The van der Waals surface area contributed by atoms with E-state index in [9.17, 15) is 9.90 Å². The second-order valence-electron chi connectivity index (χ2n) is 8.75. The van der Waals surface area contributed by atoms with Gasteiger partial charge in [0.05, 0.1) is 7.11 Å². The molecule has 4 aliphatic rings. The maximum Gasteiger partial charge on any atom is 0.344 e. The van der Waals surface area contributed by atoms with E-state index in [0.717, 1.165) is 36.4 Å². The number of nitrogens with zero attached hydrogens (tertiary/aromatic N) is 1. The Morgan fingerprint density at radius 3 is 2.70 bits per heavy atom. The first-order chi connectivity index (χ1) is 16.1. The van der Waals surface area contributed by atoms with Crippen LogP contribution < -0.4 is 18.9 Å². The van der Waals surface area contributed by atoms with Gasteiger partial charge in [-0.2, -0.15) is 0 Å². The highest BCUT2D eigenvalue weighted by molar-refractivity contribution is 5.71. The fourth-order valence-electron chi connectivity index (χ4n) is 5.47. The lowest BCUT2D eigenvalue weighted by atomic mass is 9.73. The number of aliphatic hydroxyl groups is 1. The smallest absolute Gasteiger partial charge is 0.344 e. The summed E-state index contributed by atoms with van der Waals surface area (Å²) in [6.07, 6.45) is 1.16. The third-order valence-corrected chi connectivity index (χ3v) is 6.93. The fraction of sp³-hybridized carbons (Fsp3) is 0.400. The summed E-state index contributed by atoms with van der Waals surface area (Å²) in [5, 5.41) is 11.0. The minimum atomic E-state index is -0.887. The zero-order chi connectivity index (χ0) is 22.5. The minimum Gasteiger partial charge on any atom is -0.497 e. The van der Waals surface area contributed by atoms with Crippen molar-refractivity contribution in [2.75, 3.05) is 27.1 Å². The lowest BCUT2D eigenvalue weighted by molar-refractivity contribution is -0.159. The molecule has 1 N–H and O–H groups in total. The lowest BCUT2D eigenvalue weighted by Crippen LogP contribution is -2.51. The lowest BCUT2D eigenvalue weighted by Gasteiger charge is -2.45. The van der Waals surface area contributed by atoms with Crippen molar-refractivity contribution in [3.63, 3.8) is 0 Å². The molecule has 0 radical (unpaired) electrons. The predicted molar refractivity (Wildman–Crippen MR) is 117 cm³/mol. The number of benzene rings is 2. The van der Waals surface area contributed by atoms with Crippen molar-refractivity contribution in [1.82, 2.24) is 4.90 Å². The van der Waals surface area contributed by atoms with Crippen LogP contribution >= 0.6 is 0 Å². The number of esters is 1. The van der Waals surface area contributed by atoms with E-state index in [1.807, 2.05) is 18.2 Å². The molecule has 6 rings (SSSR count). The number of fused-ring (bicyclic) bond motifs is 3. The summed E-state index contributed by atoms with van der Waals surface area (Å²) < 4.78 is 27.8. The summed E-state index contributed by atoms with van der Waals surface area (Å²) >= 11 is 0. The standard InChI is InChI=1S/C25H25NO7/c1-29-16-2-4-17(5-3-16)30-12-22(28)33-25-19(27)8-14-6-7-26-11-15-9-20-21(32-13-31-20)10-18(15)23(25)24(14)26/h2-5,8-10,19,23-25,27H,6-7,11-13H2,1H3. The first-order valence-corrected chi connectivity index (χ1v) is 11.1. The van der Waals surface area contributed by atoms with Gasteiger partial charge in [-0.05, 0) is 53.9 Å². The van der Waals surface area contributed by atoms with Gasteiger partial charge in [0.15, 0.2) is 18.1 Å². The van der Waals surface area contributed by atoms with Gasteiger partial charge >= 0.3 is 5.97 Å². The molecule has 0 amide bonds. The van der Waals surface area contributed by atoms with E-state index < -0.39 is 18.2 Å². The SMILES string of the molecule is COc1ccc(OCC(=O)OC2C(O)C=C3CCN4Cc5cc6c(cc5C2C34)OCO6)cc1. The molecule has 0 aromatic heterocycles. The summed E-state index contributed by atoms with van der Waals surface area (Å²) in [6.45, 7) is 1.66. The second-order valence-corrected chi connectivity index (χ2v) is 8.75. The van der Waals surface area contributed by atoms with Gasteiger partial charge in [-0.15, -0.1) is 0 Å². The van der Waals surface area contributed by atoms with E-state index in [4.69, 9.17) is 23.7 Å². The number of methoxy groups -OCH3 is 1. The highest BCUT2D eigenvalue weighted by atomic mass is 16.7. The van der Waals surface area contributed by atoms with Crippen molar-refractivity contribution < 1.29 is 33.6 Å². The zero-order valence-electron chi connectivity index (χ0n) is 18.2. The van der Waals surface area contributed by atoms with Crippen molar-refractivity contribution >= 4 is 5.97 Å². The van der Waals surface area contributed by atoms with Crippen molar-refractivity contribution in [1.29, 1.82) is 0 Å². The summed E-state index contributed by atoms with van der Waals surface area (Å²) in [4.78, 5) is 15.1. The maximum absolute atomic E-state index is 12.7. The largest absolute Gasteiger partial charge is 0.497 e. The monoisotopic (exact) mass is 451 g/mol. The van der Waals surface area contributed by atoms with E-state index in [1.165, 1.54) is 5.57 Å². The van der Waals surface area contributed by atoms with Gasteiger partial charge in [0.2, 0.25) is 6.79 Å². The molecular formula is C25H25NO7. The highest BCUT2D eigenvalue weighted by Crippen LogP contribution is 2.50. The van der Waals surface area contributed by atoms with Crippen LogP contribution in [0.1, 0.15) is 23.5 Å². The fourth-order valence-corrected chi connectivity index (χ4v) is 5.47. The van der Waals surface area contributed by atoms with E-state index in [1.54, 1.807) is 31.4 Å². The second kappa shape index (κ2) is 7.97. The van der Waals surface area contributed by atoms with Gasteiger partial charge in [0.25, 0.3) is 0 Å². The summed E-state index contributed by atoms with van der Waals surface area (Å²) in [7, 11) is 1.59. The molecule has 0 spiro atoms. The van der Waals surface area contributed by atoms with Crippen LogP contribution in [0.3, 0.4) is 0 Å². The van der Waals surface area contributed by atoms with Crippen molar-refractivity contribution in [3.05, 3.63) is 59.2 Å². The van der Waals surface area contributed by atoms with E-state index in [2.05, 4.69) is 4.90 Å². The zero-order valence-corrected chi connectivity index (χ0v) is 18.2. The number of carbonyl (C=O) groups is 1. The van der Waals surface area contributed by atoms with E-state index in [0.29, 0.717) is 17.2 Å². The molecule has 4 atom stereocenters. The molecule has 0 saturated carbocycles. The maximum atomic E-state index is 12.7. The average Bonchev–Trinajstić information content (AvgIpc) is 3.45. The van der Waals surface area contributed by atoms with Crippen LogP contribution in [0.25, 0.3) is 0 Å². The predicted octanol–water partition coefficient (Wildman–Crippen LogP) is 2.39. The Bertz CT molecular complexity index is 1110. The molecule has 3 heterocycles. The Labute approximate surface area is 191 Å². The molecule has 1 fully saturated rings. The van der Waals surface area contributed by atoms with Gasteiger partial charge in [-0.1, -0.05) is 11.6 Å². The molecule has 4 unspecified atom stereocenters. The number of rotatable bonds is 5. The summed E-state index contributed by atoms with van der Waals surface area (Å²) in [6, 6.07) is 11.1. The number of aliphatic hydroxyl groups excluding tert-OH is 1. The van der Waals surface area contributed by atoms with Gasteiger partial charge in [-0.25, -0.2) is 4.79 Å².